The number of piperazine rings is 1. The predicted octanol–water partition coefficient (Wildman–Crippen LogP) is 4.71. The molecule has 0 bridgehead atoms. The van der Waals surface area contributed by atoms with Gasteiger partial charge in [-0.05, 0) is 23.6 Å². The Morgan fingerprint density at radius 3 is 2.36 bits per heavy atom. The van der Waals surface area contributed by atoms with Gasteiger partial charge in [0, 0.05) is 31.6 Å². The summed E-state index contributed by atoms with van der Waals surface area (Å²) < 4.78 is 27.3. The molecule has 2 heterocycles. The molecule has 0 radical (unpaired) electrons. The fourth-order valence-electron chi connectivity index (χ4n) is 3.28. The van der Waals surface area contributed by atoms with Crippen LogP contribution in [0, 0.1) is 0 Å². The van der Waals surface area contributed by atoms with Gasteiger partial charge in [0.25, 0.3) is 0 Å². The number of aromatic nitrogens is 1. The van der Waals surface area contributed by atoms with Crippen LogP contribution in [-0.4, -0.2) is 43.9 Å². The third-order valence-electron chi connectivity index (χ3n) is 4.78. The Hall–Kier alpha value is -1.57. The summed E-state index contributed by atoms with van der Waals surface area (Å²) in [5.74, 6) is 0.738. The van der Waals surface area contributed by atoms with Crippen molar-refractivity contribution in [3.63, 3.8) is 0 Å². The second-order valence-electron chi connectivity index (χ2n) is 6.44. The number of pyridine rings is 1. The molecule has 0 N–H and O–H groups in total. The van der Waals surface area contributed by atoms with Crippen molar-refractivity contribution in [2.24, 2.45) is 0 Å². The van der Waals surface area contributed by atoms with E-state index < -0.39 is 10.0 Å². The number of halogens is 3. The zero-order valence-electron chi connectivity index (χ0n) is 14.6. The van der Waals surface area contributed by atoms with E-state index in [-0.39, 0.29) is 14.9 Å². The van der Waals surface area contributed by atoms with E-state index in [4.69, 9.17) is 34.8 Å². The highest BCUT2D eigenvalue weighted by Crippen LogP contribution is 2.32. The van der Waals surface area contributed by atoms with Crippen LogP contribution in [0.2, 0.25) is 15.2 Å². The molecule has 0 spiro atoms. The lowest BCUT2D eigenvalue weighted by molar-refractivity contribution is 0.384. The van der Waals surface area contributed by atoms with E-state index in [1.54, 1.807) is 12.1 Å². The first-order chi connectivity index (χ1) is 13.4. The molecule has 2 aromatic carbocycles. The second-order valence-corrected chi connectivity index (χ2v) is 9.49. The molecule has 4 rings (SSSR count). The first-order valence-corrected chi connectivity index (χ1v) is 11.2. The van der Waals surface area contributed by atoms with Crippen molar-refractivity contribution in [1.82, 2.24) is 9.29 Å². The van der Waals surface area contributed by atoms with Gasteiger partial charge in [-0.3, -0.25) is 0 Å². The minimum absolute atomic E-state index is 0.0296. The molecule has 1 aliphatic heterocycles. The zero-order chi connectivity index (χ0) is 19.9. The molecular formula is C19H16Cl3N3O2S. The summed E-state index contributed by atoms with van der Waals surface area (Å²) in [5.41, 5.74) is 0. The standard InChI is InChI=1S/C19H16Cl3N3O2S/c20-15-6-3-7-16(18(15)21)28(26,27)25-10-8-24(9-11-25)17-12-13-4-1-2-5-14(13)19(22)23-17/h1-7,12H,8-11H2. The van der Waals surface area contributed by atoms with Crippen molar-refractivity contribution in [2.75, 3.05) is 31.1 Å². The molecule has 0 unspecified atom stereocenters. The first kappa shape index (κ1) is 19.7. The lowest BCUT2D eigenvalue weighted by atomic mass is 10.2. The lowest BCUT2D eigenvalue weighted by Gasteiger charge is -2.35. The number of rotatable bonds is 3. The van der Waals surface area contributed by atoms with Gasteiger partial charge in [0.2, 0.25) is 10.0 Å². The van der Waals surface area contributed by atoms with Gasteiger partial charge in [-0.2, -0.15) is 4.31 Å². The van der Waals surface area contributed by atoms with Crippen molar-refractivity contribution >= 4 is 61.4 Å². The van der Waals surface area contributed by atoms with Gasteiger partial charge in [0.1, 0.15) is 15.9 Å². The number of anilines is 1. The van der Waals surface area contributed by atoms with Gasteiger partial charge >= 0.3 is 0 Å². The maximum atomic E-state index is 13.0. The van der Waals surface area contributed by atoms with E-state index in [1.807, 2.05) is 35.2 Å². The van der Waals surface area contributed by atoms with Crippen LogP contribution < -0.4 is 4.90 Å². The van der Waals surface area contributed by atoms with Crippen molar-refractivity contribution < 1.29 is 8.42 Å². The number of nitrogens with zero attached hydrogens (tertiary/aromatic N) is 3. The maximum absolute atomic E-state index is 13.0. The fraction of sp³-hybridized carbons (Fsp3) is 0.211. The van der Waals surface area contributed by atoms with Crippen LogP contribution in [0.25, 0.3) is 10.8 Å². The number of benzene rings is 2. The van der Waals surface area contributed by atoms with Crippen LogP contribution in [0.5, 0.6) is 0 Å². The summed E-state index contributed by atoms with van der Waals surface area (Å²) in [5, 5.41) is 2.60. The average molecular weight is 457 g/mol. The van der Waals surface area contributed by atoms with Crippen LogP contribution in [0.3, 0.4) is 0 Å². The molecule has 146 valence electrons. The van der Waals surface area contributed by atoms with E-state index in [1.165, 1.54) is 10.4 Å². The minimum atomic E-state index is -3.72. The Morgan fingerprint density at radius 1 is 0.893 bits per heavy atom. The summed E-state index contributed by atoms with van der Waals surface area (Å²) >= 11 is 18.4. The van der Waals surface area contributed by atoms with Gasteiger partial charge in [0.05, 0.1) is 10.0 Å². The highest BCUT2D eigenvalue weighted by Gasteiger charge is 2.31. The van der Waals surface area contributed by atoms with E-state index in [2.05, 4.69) is 4.98 Å². The van der Waals surface area contributed by atoms with E-state index in [0.29, 0.717) is 31.3 Å². The largest absolute Gasteiger partial charge is 0.354 e. The minimum Gasteiger partial charge on any atom is -0.354 e. The summed E-state index contributed by atoms with van der Waals surface area (Å²) in [6, 6.07) is 14.4. The third kappa shape index (κ3) is 3.55. The van der Waals surface area contributed by atoms with Gasteiger partial charge in [-0.15, -0.1) is 0 Å². The summed E-state index contributed by atoms with van der Waals surface area (Å²) in [4.78, 5) is 6.54. The van der Waals surface area contributed by atoms with Gasteiger partial charge in [-0.25, -0.2) is 13.4 Å². The van der Waals surface area contributed by atoms with Gasteiger partial charge in [0.15, 0.2) is 0 Å². The topological polar surface area (TPSA) is 53.5 Å². The number of hydrogen-bond donors (Lipinski definition) is 0. The van der Waals surface area contributed by atoms with E-state index in [9.17, 15) is 8.42 Å². The SMILES string of the molecule is O=S(=O)(c1cccc(Cl)c1Cl)N1CCN(c2cc3ccccc3c(Cl)n2)CC1. The molecule has 0 amide bonds. The molecular weight excluding hydrogens is 441 g/mol. The number of sulfonamides is 1. The normalized spacial score (nSPS) is 15.9. The van der Waals surface area contributed by atoms with Crippen LogP contribution in [-0.2, 0) is 10.0 Å². The number of fused-ring (bicyclic) bond motifs is 1. The zero-order valence-corrected chi connectivity index (χ0v) is 17.7. The Labute approximate surface area is 178 Å². The fourth-order valence-corrected chi connectivity index (χ4v) is 5.70. The van der Waals surface area contributed by atoms with Crippen LogP contribution in [0.1, 0.15) is 0 Å². The van der Waals surface area contributed by atoms with Crippen LogP contribution >= 0.6 is 34.8 Å². The van der Waals surface area contributed by atoms with E-state index in [0.717, 1.165) is 16.6 Å². The molecule has 9 heteroatoms. The molecule has 28 heavy (non-hydrogen) atoms. The first-order valence-electron chi connectivity index (χ1n) is 8.62. The van der Waals surface area contributed by atoms with Crippen molar-refractivity contribution in [1.29, 1.82) is 0 Å². The smallest absolute Gasteiger partial charge is 0.244 e. The third-order valence-corrected chi connectivity index (χ3v) is 7.94. The maximum Gasteiger partial charge on any atom is 0.244 e. The van der Waals surface area contributed by atoms with Crippen LogP contribution in [0.15, 0.2) is 53.4 Å². The summed E-state index contributed by atoms with van der Waals surface area (Å²) in [7, 11) is -3.72. The Kier molecular flexibility index (Phi) is 5.42. The molecule has 1 fully saturated rings. The molecule has 1 aliphatic rings. The van der Waals surface area contributed by atoms with Gasteiger partial charge < -0.3 is 4.90 Å². The Morgan fingerprint density at radius 2 is 1.61 bits per heavy atom. The molecule has 3 aromatic rings. The molecule has 1 saturated heterocycles. The quantitative estimate of drug-likeness (QED) is 0.536. The predicted molar refractivity (Wildman–Crippen MR) is 114 cm³/mol. The number of hydrogen-bond acceptors (Lipinski definition) is 4. The molecule has 1 aromatic heterocycles. The summed E-state index contributed by atoms with van der Waals surface area (Å²) in [6.45, 7) is 1.63. The van der Waals surface area contributed by atoms with Gasteiger partial charge in [-0.1, -0.05) is 65.1 Å². The van der Waals surface area contributed by atoms with Crippen molar-refractivity contribution in [3.8, 4) is 0 Å². The molecule has 5 nitrogen and oxygen atoms in total. The lowest BCUT2D eigenvalue weighted by Crippen LogP contribution is -2.49. The van der Waals surface area contributed by atoms with Crippen LogP contribution in [0.4, 0.5) is 5.82 Å². The highest BCUT2D eigenvalue weighted by molar-refractivity contribution is 7.89. The summed E-state index contributed by atoms with van der Waals surface area (Å²) in [6.07, 6.45) is 0. The van der Waals surface area contributed by atoms with E-state index >= 15 is 0 Å². The Bertz CT molecular complexity index is 1150. The Balaban J connectivity index is 1.56. The highest BCUT2D eigenvalue weighted by atomic mass is 35.5. The molecule has 0 atom stereocenters. The van der Waals surface area contributed by atoms with Crippen molar-refractivity contribution in [2.45, 2.75) is 4.90 Å². The average Bonchev–Trinajstić information content (AvgIpc) is 2.70. The molecule has 0 aliphatic carbocycles. The monoisotopic (exact) mass is 455 g/mol. The molecule has 0 saturated carbocycles. The second kappa shape index (κ2) is 7.69. The van der Waals surface area contributed by atoms with Crippen molar-refractivity contribution in [3.05, 3.63) is 63.7 Å².